The molecule has 0 radical (unpaired) electrons. The third-order valence-electron chi connectivity index (χ3n) is 4.84. The van der Waals surface area contributed by atoms with E-state index in [1.165, 1.54) is 30.4 Å². The van der Waals surface area contributed by atoms with Gasteiger partial charge >= 0.3 is 0 Å². The SMILES string of the molecule is COc1ccc(F)cc1C(O)=C1C(=O)C(=O)N(Cc2cccnc2)[C@H]1c1ccco1. The number of methoxy groups -OCH3 is 1. The van der Waals surface area contributed by atoms with Gasteiger partial charge in [-0.15, -0.1) is 0 Å². The minimum absolute atomic E-state index is 0.0339. The maximum Gasteiger partial charge on any atom is 0.296 e. The Bertz CT molecular complexity index is 1130. The van der Waals surface area contributed by atoms with Gasteiger partial charge in [0, 0.05) is 18.9 Å². The van der Waals surface area contributed by atoms with Crippen LogP contribution in [-0.4, -0.2) is 33.8 Å². The summed E-state index contributed by atoms with van der Waals surface area (Å²) in [7, 11) is 1.36. The quantitative estimate of drug-likeness (QED) is 0.395. The van der Waals surface area contributed by atoms with Crippen LogP contribution in [0.2, 0.25) is 0 Å². The molecule has 1 N–H and O–H groups in total. The zero-order valence-electron chi connectivity index (χ0n) is 15.9. The maximum absolute atomic E-state index is 13.9. The molecule has 1 aliphatic heterocycles. The number of hydrogen-bond acceptors (Lipinski definition) is 6. The number of nitrogens with zero attached hydrogens (tertiary/aromatic N) is 2. The van der Waals surface area contributed by atoms with Crippen molar-refractivity contribution in [2.45, 2.75) is 12.6 Å². The summed E-state index contributed by atoms with van der Waals surface area (Å²) in [5, 5.41) is 11.0. The summed E-state index contributed by atoms with van der Waals surface area (Å²) >= 11 is 0. The lowest BCUT2D eigenvalue weighted by Gasteiger charge is -2.23. The Labute approximate surface area is 171 Å². The number of aliphatic hydroxyl groups is 1. The highest BCUT2D eigenvalue weighted by atomic mass is 19.1. The minimum atomic E-state index is -0.992. The molecular weight excluding hydrogens is 391 g/mol. The van der Waals surface area contributed by atoms with E-state index in [2.05, 4.69) is 4.98 Å². The van der Waals surface area contributed by atoms with Gasteiger partial charge < -0.3 is 19.2 Å². The molecule has 0 bridgehead atoms. The van der Waals surface area contributed by atoms with Crippen LogP contribution in [0.15, 0.2) is 71.1 Å². The van der Waals surface area contributed by atoms with Crippen LogP contribution in [0.5, 0.6) is 5.75 Å². The first-order valence-corrected chi connectivity index (χ1v) is 9.06. The Morgan fingerprint density at radius 1 is 1.27 bits per heavy atom. The number of furan rings is 1. The van der Waals surface area contributed by atoms with E-state index in [0.29, 0.717) is 5.56 Å². The lowest BCUT2D eigenvalue weighted by atomic mass is 9.98. The number of carbonyl (C=O) groups excluding carboxylic acids is 2. The number of pyridine rings is 1. The highest BCUT2D eigenvalue weighted by Gasteiger charge is 2.47. The number of likely N-dealkylation sites (tertiary alicyclic amines) is 1. The fourth-order valence-electron chi connectivity index (χ4n) is 3.48. The smallest absolute Gasteiger partial charge is 0.296 e. The highest BCUT2D eigenvalue weighted by molar-refractivity contribution is 6.46. The van der Waals surface area contributed by atoms with E-state index >= 15 is 0 Å². The van der Waals surface area contributed by atoms with Gasteiger partial charge in [0.05, 0.1) is 24.5 Å². The van der Waals surface area contributed by atoms with Crippen LogP contribution in [0.25, 0.3) is 5.76 Å². The van der Waals surface area contributed by atoms with E-state index in [1.54, 1.807) is 36.7 Å². The van der Waals surface area contributed by atoms with Gasteiger partial charge in [-0.2, -0.15) is 0 Å². The molecule has 1 amide bonds. The van der Waals surface area contributed by atoms with Crippen LogP contribution >= 0.6 is 0 Å². The molecule has 0 aliphatic carbocycles. The van der Waals surface area contributed by atoms with Gasteiger partial charge in [-0.05, 0) is 42.0 Å². The summed E-state index contributed by atoms with van der Waals surface area (Å²) in [5.41, 5.74) is 0.454. The van der Waals surface area contributed by atoms with Crippen LogP contribution < -0.4 is 4.74 Å². The number of rotatable bonds is 5. The predicted molar refractivity (Wildman–Crippen MR) is 104 cm³/mol. The van der Waals surface area contributed by atoms with Crippen LogP contribution in [0.1, 0.15) is 22.9 Å². The van der Waals surface area contributed by atoms with E-state index < -0.39 is 29.3 Å². The van der Waals surface area contributed by atoms with E-state index in [-0.39, 0.29) is 29.2 Å². The second kappa shape index (κ2) is 7.82. The van der Waals surface area contributed by atoms with Gasteiger partial charge in [-0.1, -0.05) is 6.07 Å². The molecule has 1 aromatic carbocycles. The molecule has 1 atom stereocenters. The zero-order chi connectivity index (χ0) is 21.3. The Morgan fingerprint density at radius 2 is 2.10 bits per heavy atom. The van der Waals surface area contributed by atoms with E-state index in [4.69, 9.17) is 9.15 Å². The number of benzene rings is 1. The first-order valence-electron chi connectivity index (χ1n) is 9.06. The molecule has 2 aromatic heterocycles. The standard InChI is InChI=1S/C22H17FN2O5/c1-29-16-7-6-14(23)10-15(16)20(26)18-19(17-5-3-9-30-17)25(22(28)21(18)27)12-13-4-2-8-24-11-13/h2-11,19,26H,12H2,1H3/t19-/m0/s1. The highest BCUT2D eigenvalue weighted by Crippen LogP contribution is 2.41. The third kappa shape index (κ3) is 3.32. The lowest BCUT2D eigenvalue weighted by Crippen LogP contribution is -2.29. The van der Waals surface area contributed by atoms with Crippen LogP contribution in [0.4, 0.5) is 4.39 Å². The topological polar surface area (TPSA) is 92.9 Å². The van der Waals surface area contributed by atoms with Gasteiger partial charge in [0.2, 0.25) is 0 Å². The Balaban J connectivity index is 1.88. The van der Waals surface area contributed by atoms with E-state index in [1.807, 2.05) is 0 Å². The molecule has 30 heavy (non-hydrogen) atoms. The summed E-state index contributed by atoms with van der Waals surface area (Å²) in [6, 6.07) is 9.24. The van der Waals surface area contributed by atoms with Crippen molar-refractivity contribution in [2.75, 3.05) is 7.11 Å². The van der Waals surface area contributed by atoms with Crippen molar-refractivity contribution in [1.82, 2.24) is 9.88 Å². The Kier molecular flexibility index (Phi) is 5.05. The molecule has 4 rings (SSSR count). The van der Waals surface area contributed by atoms with Crippen LogP contribution in [0, 0.1) is 5.82 Å². The normalized spacial score (nSPS) is 18.1. The van der Waals surface area contributed by atoms with Crippen molar-refractivity contribution >= 4 is 17.4 Å². The predicted octanol–water partition coefficient (Wildman–Crippen LogP) is 3.44. The second-order valence-electron chi connectivity index (χ2n) is 6.65. The van der Waals surface area contributed by atoms with Crippen molar-refractivity contribution in [1.29, 1.82) is 0 Å². The molecule has 7 nitrogen and oxygen atoms in total. The maximum atomic E-state index is 13.9. The van der Waals surface area contributed by atoms with Gasteiger partial charge in [0.25, 0.3) is 11.7 Å². The zero-order valence-corrected chi connectivity index (χ0v) is 15.9. The number of ketones is 1. The molecule has 0 spiro atoms. The Hall–Kier alpha value is -3.94. The largest absolute Gasteiger partial charge is 0.507 e. The summed E-state index contributed by atoms with van der Waals surface area (Å²) in [5.74, 6) is -2.43. The molecule has 8 heteroatoms. The Morgan fingerprint density at radius 3 is 2.77 bits per heavy atom. The first kappa shape index (κ1) is 19.4. The summed E-state index contributed by atoms with van der Waals surface area (Å²) < 4.78 is 24.5. The number of aliphatic hydroxyl groups excluding tert-OH is 1. The van der Waals surface area contributed by atoms with Crippen molar-refractivity contribution < 1.29 is 28.2 Å². The minimum Gasteiger partial charge on any atom is -0.507 e. The van der Waals surface area contributed by atoms with Crippen molar-refractivity contribution in [3.63, 3.8) is 0 Å². The lowest BCUT2D eigenvalue weighted by molar-refractivity contribution is -0.140. The van der Waals surface area contributed by atoms with Crippen LogP contribution in [0.3, 0.4) is 0 Å². The van der Waals surface area contributed by atoms with Gasteiger partial charge in [0.15, 0.2) is 0 Å². The van der Waals surface area contributed by atoms with Gasteiger partial charge in [0.1, 0.15) is 29.1 Å². The molecule has 3 heterocycles. The summed E-state index contributed by atoms with van der Waals surface area (Å²) in [6.45, 7) is 0.0703. The average Bonchev–Trinajstić information content (AvgIpc) is 3.37. The summed E-state index contributed by atoms with van der Waals surface area (Å²) in [6.07, 6.45) is 4.58. The molecular formula is C22H17FN2O5. The number of Topliss-reactive ketones (excluding diaryl/α,β-unsaturated/α-hetero) is 1. The second-order valence-corrected chi connectivity index (χ2v) is 6.65. The van der Waals surface area contributed by atoms with Crippen molar-refractivity contribution in [3.8, 4) is 5.75 Å². The number of ether oxygens (including phenoxy) is 1. The number of aromatic nitrogens is 1. The van der Waals surface area contributed by atoms with Crippen molar-refractivity contribution in [3.05, 3.63) is 89.4 Å². The van der Waals surface area contributed by atoms with Crippen LogP contribution in [-0.2, 0) is 16.1 Å². The average molecular weight is 408 g/mol. The fourth-order valence-corrected chi connectivity index (χ4v) is 3.48. The molecule has 0 saturated carbocycles. The van der Waals surface area contributed by atoms with Crippen molar-refractivity contribution in [2.24, 2.45) is 0 Å². The fraction of sp³-hybridized carbons (Fsp3) is 0.136. The van der Waals surface area contributed by atoms with E-state index in [9.17, 15) is 19.1 Å². The monoisotopic (exact) mass is 408 g/mol. The number of amides is 1. The van der Waals surface area contributed by atoms with Gasteiger partial charge in [-0.3, -0.25) is 14.6 Å². The third-order valence-corrected chi connectivity index (χ3v) is 4.84. The van der Waals surface area contributed by atoms with E-state index in [0.717, 1.165) is 6.07 Å². The molecule has 1 aliphatic rings. The summed E-state index contributed by atoms with van der Waals surface area (Å²) in [4.78, 5) is 31.1. The number of halogens is 1. The first-order chi connectivity index (χ1) is 14.5. The van der Waals surface area contributed by atoms with Gasteiger partial charge in [-0.25, -0.2) is 4.39 Å². The number of carbonyl (C=O) groups is 2. The molecule has 152 valence electrons. The molecule has 0 unspecified atom stereocenters. The molecule has 1 saturated heterocycles. The molecule has 3 aromatic rings. The molecule has 1 fully saturated rings. The number of hydrogen-bond donors (Lipinski definition) is 1.